The zero-order valence-electron chi connectivity index (χ0n) is 22.3. The first-order chi connectivity index (χ1) is 18.6. The van der Waals surface area contributed by atoms with E-state index in [1.807, 2.05) is 0 Å². The first-order valence-electron chi connectivity index (χ1n) is 14.0. The van der Waals surface area contributed by atoms with Crippen LogP contribution in [-0.2, 0) is 14.3 Å². The minimum absolute atomic E-state index is 0.0110. The molecule has 0 radical (unpaired) electrons. The maximum Gasteiger partial charge on any atom is 0.255 e. The number of nitrogens with one attached hydrogen (secondary N) is 5. The van der Waals surface area contributed by atoms with Gasteiger partial charge in [-0.05, 0) is 44.4 Å². The Morgan fingerprint density at radius 2 is 1.87 bits per heavy atom. The summed E-state index contributed by atoms with van der Waals surface area (Å²) in [6.07, 6.45) is -0.140. The molecule has 0 aromatic carbocycles. The summed E-state index contributed by atoms with van der Waals surface area (Å²) >= 11 is 14.1. The monoisotopic (exact) mass is 612 g/mol. The number of amides is 2. The van der Waals surface area contributed by atoms with Crippen molar-refractivity contribution in [2.24, 2.45) is 17.8 Å². The van der Waals surface area contributed by atoms with E-state index in [-0.39, 0.29) is 58.0 Å². The van der Waals surface area contributed by atoms with Crippen molar-refractivity contribution < 1.29 is 23.1 Å². The Bertz CT molecular complexity index is 885. The van der Waals surface area contributed by atoms with Gasteiger partial charge in [-0.25, -0.2) is 8.78 Å². The summed E-state index contributed by atoms with van der Waals surface area (Å²) in [6.45, 7) is 4.43. The van der Waals surface area contributed by atoms with Crippen LogP contribution in [0.5, 0.6) is 0 Å². The molecule has 0 saturated carbocycles. The van der Waals surface area contributed by atoms with E-state index in [1.54, 1.807) is 23.8 Å². The zero-order chi connectivity index (χ0) is 27.8. The minimum Gasteiger partial charge on any atom is -0.380 e. The fourth-order valence-electron chi connectivity index (χ4n) is 7.02. The molecule has 5 aliphatic heterocycles. The molecular weight excluding hydrogens is 573 g/mol. The molecule has 0 aromatic heterocycles. The average molecular weight is 614 g/mol. The smallest absolute Gasteiger partial charge is 0.255 e. The standard InChI is InChI=1S/C25H40Cl2F2N6O3S/c1-11-5-12(13-6-20(27)31-8-18(13)38-2)14(7-30-11)23(36)34-25-33-17-9-35(10-19(17)39-25)24(37)16-4-3-15(26)21(32-16)22(28)29/h11-22,25,30-33H,3-10H2,1-2H3,(H,34,36). The third-order valence-electron chi connectivity index (χ3n) is 9.13. The van der Waals surface area contributed by atoms with Crippen molar-refractivity contribution in [2.45, 2.75) is 90.9 Å². The highest BCUT2D eigenvalue weighted by Gasteiger charge is 2.48. The summed E-state index contributed by atoms with van der Waals surface area (Å²) in [5.74, 6) is 0.00388. The van der Waals surface area contributed by atoms with Crippen molar-refractivity contribution in [3.05, 3.63) is 0 Å². The van der Waals surface area contributed by atoms with Crippen LogP contribution in [0.15, 0.2) is 0 Å². The lowest BCUT2D eigenvalue weighted by Crippen LogP contribution is -2.58. The molecule has 222 valence electrons. The highest BCUT2D eigenvalue weighted by Crippen LogP contribution is 2.39. The SMILES string of the molecule is COC1CNC(Cl)CC1C1CC(C)NCC1C(=O)NC1NC2CN(C(=O)C3CCC(Cl)C(C(F)F)N3)CC2S1. The molecular formula is C25H40Cl2F2N6O3S. The molecule has 5 fully saturated rings. The fourth-order valence-corrected chi connectivity index (χ4v) is 9.03. The van der Waals surface area contributed by atoms with Crippen molar-refractivity contribution in [3.63, 3.8) is 0 Å². The van der Waals surface area contributed by atoms with Gasteiger partial charge in [0.2, 0.25) is 11.8 Å². The summed E-state index contributed by atoms with van der Waals surface area (Å²) in [5, 5.41) is 15.6. The lowest BCUT2D eigenvalue weighted by molar-refractivity contribution is -0.134. The topological polar surface area (TPSA) is 107 Å². The van der Waals surface area contributed by atoms with Crippen molar-refractivity contribution in [1.29, 1.82) is 0 Å². The van der Waals surface area contributed by atoms with Gasteiger partial charge < -0.3 is 20.3 Å². The maximum atomic E-state index is 13.6. The second kappa shape index (κ2) is 12.8. The molecule has 14 heteroatoms. The van der Waals surface area contributed by atoms with Crippen molar-refractivity contribution in [2.75, 3.05) is 33.3 Å². The third kappa shape index (κ3) is 6.63. The van der Waals surface area contributed by atoms with E-state index in [1.165, 1.54) is 0 Å². The molecule has 0 aromatic rings. The number of likely N-dealkylation sites (tertiary alicyclic amines) is 1. The molecule has 0 aliphatic carbocycles. The number of nitrogens with zero attached hydrogens (tertiary/aromatic N) is 1. The molecule has 2 amide bonds. The molecule has 0 spiro atoms. The van der Waals surface area contributed by atoms with Gasteiger partial charge in [0.05, 0.1) is 35.0 Å². The van der Waals surface area contributed by atoms with Crippen molar-refractivity contribution >= 4 is 46.8 Å². The van der Waals surface area contributed by atoms with Crippen LogP contribution in [0.2, 0.25) is 0 Å². The highest BCUT2D eigenvalue weighted by molar-refractivity contribution is 8.00. The van der Waals surface area contributed by atoms with Crippen molar-refractivity contribution in [3.8, 4) is 0 Å². The molecule has 12 unspecified atom stereocenters. The molecule has 9 nitrogen and oxygen atoms in total. The molecule has 5 heterocycles. The van der Waals surface area contributed by atoms with Crippen LogP contribution in [0.3, 0.4) is 0 Å². The van der Waals surface area contributed by atoms with Crippen LogP contribution >= 0.6 is 35.0 Å². The maximum absolute atomic E-state index is 13.6. The van der Waals surface area contributed by atoms with Gasteiger partial charge in [0.1, 0.15) is 5.50 Å². The largest absolute Gasteiger partial charge is 0.380 e. The van der Waals surface area contributed by atoms with E-state index in [0.717, 1.165) is 12.8 Å². The Hall–Kier alpha value is -0.470. The predicted octanol–water partition coefficient (Wildman–Crippen LogP) is 1.10. The van der Waals surface area contributed by atoms with Gasteiger partial charge in [-0.2, -0.15) is 0 Å². The molecule has 39 heavy (non-hydrogen) atoms. The van der Waals surface area contributed by atoms with Crippen LogP contribution in [0.25, 0.3) is 0 Å². The predicted molar refractivity (Wildman–Crippen MR) is 148 cm³/mol. The summed E-state index contributed by atoms with van der Waals surface area (Å²) < 4.78 is 32.4. The van der Waals surface area contributed by atoms with Crippen LogP contribution in [0.1, 0.15) is 32.6 Å². The number of hydrogen-bond acceptors (Lipinski definition) is 8. The Labute approximate surface area is 242 Å². The lowest BCUT2D eigenvalue weighted by atomic mass is 9.70. The summed E-state index contributed by atoms with van der Waals surface area (Å²) in [7, 11) is 1.72. The Balaban J connectivity index is 1.15. The fraction of sp³-hybridized carbons (Fsp3) is 0.920. The second-order valence-corrected chi connectivity index (χ2v) is 14.1. The van der Waals surface area contributed by atoms with Crippen molar-refractivity contribution in [1.82, 2.24) is 31.5 Å². The second-order valence-electron chi connectivity index (χ2n) is 11.6. The lowest BCUT2D eigenvalue weighted by Gasteiger charge is -2.45. The number of piperidine rings is 3. The average Bonchev–Trinajstić information content (AvgIpc) is 3.47. The van der Waals surface area contributed by atoms with E-state index in [0.29, 0.717) is 45.1 Å². The number of carbonyl (C=O) groups is 2. The van der Waals surface area contributed by atoms with Gasteiger partial charge >= 0.3 is 0 Å². The normalized spacial score (nSPS) is 44.8. The van der Waals surface area contributed by atoms with E-state index < -0.39 is 23.9 Å². The Kier molecular flexibility index (Phi) is 9.85. The van der Waals surface area contributed by atoms with Gasteiger partial charge in [0, 0.05) is 50.6 Å². The van der Waals surface area contributed by atoms with Gasteiger partial charge in [0.25, 0.3) is 6.43 Å². The molecule has 5 saturated heterocycles. The zero-order valence-corrected chi connectivity index (χ0v) is 24.6. The van der Waals surface area contributed by atoms with Gasteiger partial charge in [0.15, 0.2) is 0 Å². The van der Waals surface area contributed by atoms with Gasteiger partial charge in [-0.15, -0.1) is 35.0 Å². The van der Waals surface area contributed by atoms with Crippen LogP contribution in [-0.4, -0.2) is 108 Å². The molecule has 5 rings (SSSR count). The van der Waals surface area contributed by atoms with E-state index >= 15 is 0 Å². The first-order valence-corrected chi connectivity index (χ1v) is 15.8. The van der Waals surface area contributed by atoms with E-state index in [2.05, 4.69) is 33.5 Å². The summed E-state index contributed by atoms with van der Waals surface area (Å²) in [4.78, 5) is 28.4. The van der Waals surface area contributed by atoms with Gasteiger partial charge in [-0.3, -0.25) is 25.5 Å². The number of halogens is 4. The molecule has 5 aliphatic rings. The first kappa shape index (κ1) is 30.0. The molecule has 5 N–H and O–H groups in total. The van der Waals surface area contributed by atoms with Crippen LogP contribution < -0.4 is 26.6 Å². The highest BCUT2D eigenvalue weighted by atomic mass is 35.5. The number of alkyl halides is 4. The number of methoxy groups -OCH3 is 1. The van der Waals surface area contributed by atoms with Gasteiger partial charge in [-0.1, -0.05) is 0 Å². The number of ether oxygens (including phenoxy) is 1. The number of rotatable bonds is 6. The number of fused-ring (bicyclic) bond motifs is 1. The molecule has 12 atom stereocenters. The minimum atomic E-state index is -2.61. The Morgan fingerprint density at radius 3 is 2.59 bits per heavy atom. The van der Waals surface area contributed by atoms with Crippen LogP contribution in [0.4, 0.5) is 8.78 Å². The summed E-state index contributed by atoms with van der Waals surface area (Å²) in [5.41, 5.74) is -0.376. The van der Waals surface area contributed by atoms with E-state index in [9.17, 15) is 18.4 Å². The Morgan fingerprint density at radius 1 is 1.08 bits per heavy atom. The number of thioether (sulfide) groups is 1. The number of carbonyl (C=O) groups excluding carboxylic acids is 2. The van der Waals surface area contributed by atoms with Crippen LogP contribution in [0, 0.1) is 17.8 Å². The van der Waals surface area contributed by atoms with E-state index in [4.69, 9.17) is 27.9 Å². The number of hydrogen-bond donors (Lipinski definition) is 5. The molecule has 0 bridgehead atoms. The summed E-state index contributed by atoms with van der Waals surface area (Å²) in [6, 6.07) is -1.48. The quantitative estimate of drug-likeness (QED) is 0.224. The third-order valence-corrected chi connectivity index (χ3v) is 11.3.